The van der Waals surface area contributed by atoms with Crippen LogP contribution in [0, 0.1) is 5.41 Å². The Morgan fingerprint density at radius 1 is 1.44 bits per heavy atom. The Labute approximate surface area is 109 Å². The lowest BCUT2D eigenvalue weighted by molar-refractivity contribution is 0.125. The monoisotopic (exact) mass is 274 g/mol. The third-order valence-electron chi connectivity index (χ3n) is 2.47. The smallest absolute Gasteiger partial charge is 0.242 e. The Morgan fingerprint density at radius 2 is 2.06 bits per heavy atom. The van der Waals surface area contributed by atoms with Crippen molar-refractivity contribution in [1.29, 1.82) is 0 Å². The molecule has 2 N–H and O–H groups in total. The van der Waals surface area contributed by atoms with Gasteiger partial charge in [0.15, 0.2) is 0 Å². The van der Waals surface area contributed by atoms with Gasteiger partial charge in [0.05, 0.1) is 11.0 Å². The SMILES string of the molecule is Cn1ccc(S(=O)(=O)NCC(O)CC(C)(C)C)c1. The summed E-state index contributed by atoms with van der Waals surface area (Å²) < 4.78 is 27.8. The van der Waals surface area contributed by atoms with Crippen LogP contribution < -0.4 is 4.72 Å². The summed E-state index contributed by atoms with van der Waals surface area (Å²) in [5.74, 6) is 0. The van der Waals surface area contributed by atoms with Crippen molar-refractivity contribution in [2.45, 2.75) is 38.2 Å². The Kier molecular flexibility index (Phi) is 4.58. The third-order valence-corrected chi connectivity index (χ3v) is 3.88. The number of sulfonamides is 1. The van der Waals surface area contributed by atoms with Crippen LogP contribution in [-0.2, 0) is 17.1 Å². The van der Waals surface area contributed by atoms with Gasteiger partial charge in [-0.3, -0.25) is 0 Å². The van der Waals surface area contributed by atoms with E-state index in [0.717, 1.165) is 0 Å². The molecule has 1 aromatic heterocycles. The molecule has 0 radical (unpaired) electrons. The number of aryl methyl sites for hydroxylation is 1. The zero-order valence-corrected chi connectivity index (χ0v) is 12.2. The summed E-state index contributed by atoms with van der Waals surface area (Å²) in [5, 5.41) is 9.77. The van der Waals surface area contributed by atoms with Crippen LogP contribution >= 0.6 is 0 Å². The van der Waals surface area contributed by atoms with Crippen molar-refractivity contribution < 1.29 is 13.5 Å². The Bertz CT molecular complexity index is 486. The maximum absolute atomic E-state index is 11.9. The molecule has 0 saturated carbocycles. The van der Waals surface area contributed by atoms with Crippen LogP contribution in [0.25, 0.3) is 0 Å². The summed E-state index contributed by atoms with van der Waals surface area (Å²) in [7, 11) is -1.76. The highest BCUT2D eigenvalue weighted by Gasteiger charge is 2.20. The molecule has 0 aliphatic carbocycles. The maximum atomic E-state index is 11.9. The first-order chi connectivity index (χ1) is 8.10. The first kappa shape index (κ1) is 15.2. The number of nitrogens with one attached hydrogen (secondary N) is 1. The number of hydrogen-bond acceptors (Lipinski definition) is 3. The summed E-state index contributed by atoms with van der Waals surface area (Å²) in [5.41, 5.74) is -0.0302. The van der Waals surface area contributed by atoms with E-state index in [0.29, 0.717) is 6.42 Å². The first-order valence-corrected chi connectivity index (χ1v) is 7.38. The van der Waals surface area contributed by atoms with E-state index in [4.69, 9.17) is 0 Å². The van der Waals surface area contributed by atoms with Crippen LogP contribution in [0.4, 0.5) is 0 Å². The molecule has 104 valence electrons. The van der Waals surface area contributed by atoms with Crippen LogP contribution in [0.2, 0.25) is 0 Å². The van der Waals surface area contributed by atoms with Gasteiger partial charge < -0.3 is 9.67 Å². The summed E-state index contributed by atoms with van der Waals surface area (Å²) in [6.45, 7) is 6.04. The molecule has 0 bridgehead atoms. The second-order valence-electron chi connectivity index (χ2n) is 5.78. The van der Waals surface area contributed by atoms with Crippen LogP contribution in [0.15, 0.2) is 23.4 Å². The summed E-state index contributed by atoms with van der Waals surface area (Å²) in [6.07, 6.45) is 3.06. The fourth-order valence-corrected chi connectivity index (χ4v) is 2.83. The number of nitrogens with zero attached hydrogens (tertiary/aromatic N) is 1. The fourth-order valence-electron chi connectivity index (χ4n) is 1.71. The average Bonchev–Trinajstić information content (AvgIpc) is 2.60. The van der Waals surface area contributed by atoms with Crippen molar-refractivity contribution in [3.63, 3.8) is 0 Å². The lowest BCUT2D eigenvalue weighted by Gasteiger charge is -2.22. The molecule has 5 nitrogen and oxygen atoms in total. The molecule has 0 aliphatic heterocycles. The normalized spacial score (nSPS) is 14.7. The molecule has 0 aliphatic rings. The minimum absolute atomic E-state index is 0.0302. The molecule has 0 aromatic carbocycles. The van der Waals surface area contributed by atoms with E-state index < -0.39 is 16.1 Å². The Hall–Kier alpha value is -0.850. The molecule has 18 heavy (non-hydrogen) atoms. The predicted octanol–water partition coefficient (Wildman–Crippen LogP) is 1.10. The van der Waals surface area contributed by atoms with E-state index in [-0.39, 0.29) is 16.9 Å². The van der Waals surface area contributed by atoms with Gasteiger partial charge in [0.1, 0.15) is 0 Å². The Balaban J connectivity index is 2.58. The Morgan fingerprint density at radius 3 is 2.50 bits per heavy atom. The van der Waals surface area contributed by atoms with Gasteiger partial charge in [0, 0.05) is 26.0 Å². The lowest BCUT2D eigenvalue weighted by Crippen LogP contribution is -2.34. The number of aliphatic hydroxyl groups is 1. The van der Waals surface area contributed by atoms with Gasteiger partial charge in [0.2, 0.25) is 10.0 Å². The van der Waals surface area contributed by atoms with E-state index in [1.807, 2.05) is 20.8 Å². The number of rotatable bonds is 5. The van der Waals surface area contributed by atoms with E-state index in [1.165, 1.54) is 12.3 Å². The van der Waals surface area contributed by atoms with Crippen molar-refractivity contribution in [3.05, 3.63) is 18.5 Å². The molecule has 0 spiro atoms. The first-order valence-electron chi connectivity index (χ1n) is 5.90. The highest BCUT2D eigenvalue weighted by molar-refractivity contribution is 7.89. The number of aromatic nitrogens is 1. The summed E-state index contributed by atoms with van der Waals surface area (Å²) >= 11 is 0. The fraction of sp³-hybridized carbons (Fsp3) is 0.667. The van der Waals surface area contributed by atoms with Crippen molar-refractivity contribution in [3.8, 4) is 0 Å². The quantitative estimate of drug-likeness (QED) is 0.844. The number of aliphatic hydroxyl groups excluding tert-OH is 1. The van der Waals surface area contributed by atoms with Crippen LogP contribution in [0.3, 0.4) is 0 Å². The minimum atomic E-state index is -3.52. The molecular formula is C12H22N2O3S. The molecule has 1 rings (SSSR count). The highest BCUT2D eigenvalue weighted by atomic mass is 32.2. The van der Waals surface area contributed by atoms with E-state index in [1.54, 1.807) is 17.8 Å². The average molecular weight is 274 g/mol. The van der Waals surface area contributed by atoms with E-state index >= 15 is 0 Å². The van der Waals surface area contributed by atoms with Gasteiger partial charge in [-0.2, -0.15) is 0 Å². The summed E-state index contributed by atoms with van der Waals surface area (Å²) in [4.78, 5) is 0.216. The molecular weight excluding hydrogens is 252 g/mol. The zero-order chi connectivity index (χ0) is 14.0. The van der Waals surface area contributed by atoms with Gasteiger partial charge in [-0.05, 0) is 17.9 Å². The molecule has 1 heterocycles. The standard InChI is InChI=1S/C12H22N2O3S/c1-12(2,3)7-10(15)8-13-18(16,17)11-5-6-14(4)9-11/h5-6,9-10,13,15H,7-8H2,1-4H3. The highest BCUT2D eigenvalue weighted by Crippen LogP contribution is 2.20. The van der Waals surface area contributed by atoms with Gasteiger partial charge in [-0.15, -0.1) is 0 Å². The molecule has 0 fully saturated rings. The molecule has 0 saturated heterocycles. The largest absolute Gasteiger partial charge is 0.392 e. The molecule has 1 atom stereocenters. The lowest BCUT2D eigenvalue weighted by atomic mass is 9.89. The van der Waals surface area contributed by atoms with E-state index in [2.05, 4.69) is 4.72 Å². The van der Waals surface area contributed by atoms with Gasteiger partial charge in [-0.1, -0.05) is 20.8 Å². The second kappa shape index (κ2) is 5.42. The maximum Gasteiger partial charge on any atom is 0.242 e. The van der Waals surface area contributed by atoms with Crippen molar-refractivity contribution in [2.75, 3.05) is 6.54 Å². The van der Waals surface area contributed by atoms with Crippen LogP contribution in [0.1, 0.15) is 27.2 Å². The minimum Gasteiger partial charge on any atom is -0.392 e. The van der Waals surface area contributed by atoms with Gasteiger partial charge >= 0.3 is 0 Å². The molecule has 1 unspecified atom stereocenters. The van der Waals surface area contributed by atoms with E-state index in [9.17, 15) is 13.5 Å². The second-order valence-corrected chi connectivity index (χ2v) is 7.55. The van der Waals surface area contributed by atoms with Crippen molar-refractivity contribution in [2.24, 2.45) is 12.5 Å². The van der Waals surface area contributed by atoms with Crippen LogP contribution in [0.5, 0.6) is 0 Å². The number of hydrogen-bond donors (Lipinski definition) is 2. The van der Waals surface area contributed by atoms with Crippen molar-refractivity contribution >= 4 is 10.0 Å². The third kappa shape index (κ3) is 4.80. The summed E-state index contributed by atoms with van der Waals surface area (Å²) in [6, 6.07) is 1.53. The predicted molar refractivity (Wildman–Crippen MR) is 70.7 cm³/mol. The molecule has 1 aromatic rings. The van der Waals surface area contributed by atoms with Gasteiger partial charge in [0.25, 0.3) is 0 Å². The molecule has 6 heteroatoms. The topological polar surface area (TPSA) is 71.3 Å². The van der Waals surface area contributed by atoms with Crippen LogP contribution in [-0.4, -0.2) is 30.7 Å². The molecule has 0 amide bonds. The van der Waals surface area contributed by atoms with Crippen molar-refractivity contribution in [1.82, 2.24) is 9.29 Å². The van der Waals surface area contributed by atoms with Gasteiger partial charge in [-0.25, -0.2) is 13.1 Å². The zero-order valence-electron chi connectivity index (χ0n) is 11.3.